The summed E-state index contributed by atoms with van der Waals surface area (Å²) in [6, 6.07) is 3.39. The van der Waals surface area contributed by atoms with E-state index >= 15 is 0 Å². The van der Waals surface area contributed by atoms with Crippen LogP contribution in [0.25, 0.3) is 0 Å². The first-order valence-corrected chi connectivity index (χ1v) is 9.24. The highest BCUT2D eigenvalue weighted by molar-refractivity contribution is 5.89. The van der Waals surface area contributed by atoms with Crippen molar-refractivity contribution in [1.82, 2.24) is 9.88 Å². The van der Waals surface area contributed by atoms with E-state index in [1.54, 1.807) is 17.0 Å². The van der Waals surface area contributed by atoms with Crippen LogP contribution in [0.5, 0.6) is 11.6 Å². The molecular weight excluding hydrogens is 366 g/mol. The van der Waals surface area contributed by atoms with Gasteiger partial charge in [-0.1, -0.05) is 0 Å². The molecule has 0 aromatic carbocycles. The summed E-state index contributed by atoms with van der Waals surface area (Å²) >= 11 is 0. The first-order valence-electron chi connectivity index (χ1n) is 9.24. The Morgan fingerprint density at radius 2 is 1.86 bits per heavy atom. The third-order valence-corrected chi connectivity index (χ3v) is 4.80. The van der Waals surface area contributed by atoms with Crippen LogP contribution >= 0.6 is 0 Å². The van der Waals surface area contributed by atoms with Gasteiger partial charge in [0.1, 0.15) is 17.0 Å². The van der Waals surface area contributed by atoms with E-state index in [0.29, 0.717) is 49.9 Å². The second-order valence-electron chi connectivity index (χ2n) is 7.99. The fraction of sp³-hybridized carbons (Fsp3) is 0.632. The van der Waals surface area contributed by atoms with Crippen LogP contribution in [0, 0.1) is 0 Å². The zero-order chi connectivity index (χ0) is 20.5. The second kappa shape index (κ2) is 7.37. The lowest BCUT2D eigenvalue weighted by molar-refractivity contribution is -0.0167. The Hall–Kier alpha value is -2.71. The van der Waals surface area contributed by atoms with Gasteiger partial charge in [-0.3, -0.25) is 4.90 Å². The Balaban J connectivity index is 1.67. The summed E-state index contributed by atoms with van der Waals surface area (Å²) in [6.07, 6.45) is 0.291. The van der Waals surface area contributed by atoms with Crippen LogP contribution in [0.15, 0.2) is 12.1 Å². The number of likely N-dealkylation sites (tertiary alicyclic amines) is 1. The van der Waals surface area contributed by atoms with E-state index in [0.717, 1.165) is 0 Å². The highest BCUT2D eigenvalue weighted by Crippen LogP contribution is 2.37. The Morgan fingerprint density at radius 3 is 2.43 bits per heavy atom. The summed E-state index contributed by atoms with van der Waals surface area (Å²) < 4.78 is 21.5. The van der Waals surface area contributed by atoms with Crippen molar-refractivity contribution >= 4 is 18.0 Å². The van der Waals surface area contributed by atoms with Gasteiger partial charge in [-0.25, -0.2) is 9.59 Å². The number of hydrogen-bond donors (Lipinski definition) is 0. The summed E-state index contributed by atoms with van der Waals surface area (Å²) in [7, 11) is 3.02. The predicted molar refractivity (Wildman–Crippen MR) is 101 cm³/mol. The molecule has 2 amide bonds. The van der Waals surface area contributed by atoms with Crippen molar-refractivity contribution in [3.8, 4) is 11.6 Å². The summed E-state index contributed by atoms with van der Waals surface area (Å²) in [6.45, 7) is 6.82. The number of methoxy groups -OCH3 is 2. The van der Waals surface area contributed by atoms with Crippen molar-refractivity contribution < 1.29 is 28.5 Å². The smallest absolute Gasteiger partial charge is 0.416 e. The number of aromatic nitrogens is 1. The van der Waals surface area contributed by atoms with Gasteiger partial charge in [0.05, 0.1) is 20.8 Å². The fourth-order valence-electron chi connectivity index (χ4n) is 3.35. The number of pyridine rings is 1. The van der Waals surface area contributed by atoms with E-state index in [2.05, 4.69) is 4.98 Å². The quantitative estimate of drug-likeness (QED) is 0.780. The first-order chi connectivity index (χ1) is 13.2. The topological polar surface area (TPSA) is 90.4 Å². The van der Waals surface area contributed by atoms with Crippen LogP contribution in [0.4, 0.5) is 15.4 Å². The summed E-state index contributed by atoms with van der Waals surface area (Å²) in [5, 5.41) is 0. The molecule has 0 N–H and O–H groups in total. The largest absolute Gasteiger partial charge is 0.491 e. The average molecular weight is 393 g/mol. The average Bonchev–Trinajstić information content (AvgIpc) is 2.96. The number of anilines is 1. The molecule has 1 spiro atoms. The molecule has 9 nitrogen and oxygen atoms in total. The van der Waals surface area contributed by atoms with Crippen molar-refractivity contribution in [3.63, 3.8) is 0 Å². The molecular formula is C19H27N3O6. The maximum Gasteiger partial charge on any atom is 0.416 e. The van der Waals surface area contributed by atoms with Crippen LogP contribution in [-0.4, -0.2) is 67.1 Å². The number of rotatable bonds is 3. The van der Waals surface area contributed by atoms with Crippen molar-refractivity contribution in [2.75, 3.05) is 38.8 Å². The molecule has 0 bridgehead atoms. The molecule has 2 aliphatic heterocycles. The normalized spacial score (nSPS) is 18.8. The van der Waals surface area contributed by atoms with Gasteiger partial charge < -0.3 is 23.8 Å². The molecule has 1 aromatic rings. The predicted octanol–water partition coefficient (Wildman–Crippen LogP) is 2.83. The van der Waals surface area contributed by atoms with Crippen molar-refractivity contribution in [2.45, 2.75) is 44.8 Å². The molecule has 2 aliphatic rings. The third-order valence-electron chi connectivity index (χ3n) is 4.80. The number of nitrogens with zero attached hydrogens (tertiary/aromatic N) is 3. The minimum Gasteiger partial charge on any atom is -0.491 e. The Morgan fingerprint density at radius 1 is 1.18 bits per heavy atom. The lowest BCUT2D eigenvalue weighted by Crippen LogP contribution is -2.49. The molecule has 0 aliphatic carbocycles. The molecule has 2 fully saturated rings. The van der Waals surface area contributed by atoms with E-state index in [-0.39, 0.29) is 6.09 Å². The maximum atomic E-state index is 12.5. The van der Waals surface area contributed by atoms with Crippen molar-refractivity contribution in [2.24, 2.45) is 0 Å². The van der Waals surface area contributed by atoms with E-state index in [1.165, 1.54) is 19.1 Å². The standard InChI is InChI=1S/C19H27N3O6/c1-18(2,3)27-16(23)21-10-8-19(9-11-21)12-22(17(24)28-19)14-7-6-13(25-4)15(20-14)26-5/h6-7H,8-12H2,1-5H3. The molecule has 0 atom stereocenters. The summed E-state index contributed by atoms with van der Waals surface area (Å²) in [5.41, 5.74) is -1.17. The van der Waals surface area contributed by atoms with Gasteiger partial charge in [0.2, 0.25) is 0 Å². The van der Waals surface area contributed by atoms with E-state index in [1.807, 2.05) is 20.8 Å². The minimum absolute atomic E-state index is 0.300. The highest BCUT2D eigenvalue weighted by atomic mass is 16.6. The van der Waals surface area contributed by atoms with Gasteiger partial charge in [-0.2, -0.15) is 4.98 Å². The van der Waals surface area contributed by atoms with Gasteiger partial charge >= 0.3 is 12.2 Å². The fourth-order valence-corrected chi connectivity index (χ4v) is 3.35. The lowest BCUT2D eigenvalue weighted by atomic mass is 9.91. The monoisotopic (exact) mass is 393 g/mol. The van der Waals surface area contributed by atoms with Gasteiger partial charge in [-0.05, 0) is 32.9 Å². The molecule has 9 heteroatoms. The van der Waals surface area contributed by atoms with Crippen molar-refractivity contribution in [1.29, 1.82) is 0 Å². The maximum absolute atomic E-state index is 12.5. The third kappa shape index (κ3) is 4.07. The summed E-state index contributed by atoms with van der Waals surface area (Å²) in [5.74, 6) is 1.22. The number of hydrogen-bond acceptors (Lipinski definition) is 7. The van der Waals surface area contributed by atoms with Gasteiger partial charge in [0.15, 0.2) is 5.75 Å². The summed E-state index contributed by atoms with van der Waals surface area (Å²) in [4.78, 5) is 32.2. The molecule has 28 heavy (non-hydrogen) atoms. The second-order valence-corrected chi connectivity index (χ2v) is 7.99. The van der Waals surface area contributed by atoms with E-state index < -0.39 is 17.3 Å². The molecule has 154 valence electrons. The van der Waals surface area contributed by atoms with Gasteiger partial charge in [-0.15, -0.1) is 0 Å². The Bertz CT molecular complexity index is 753. The number of piperidine rings is 1. The number of carbonyl (C=O) groups is 2. The van der Waals surface area contributed by atoms with Crippen LogP contribution in [0.1, 0.15) is 33.6 Å². The number of carbonyl (C=O) groups excluding carboxylic acids is 2. The minimum atomic E-state index is -0.634. The zero-order valence-corrected chi connectivity index (χ0v) is 17.0. The van der Waals surface area contributed by atoms with Crippen LogP contribution in [-0.2, 0) is 9.47 Å². The molecule has 3 rings (SSSR count). The zero-order valence-electron chi connectivity index (χ0n) is 17.0. The number of amides is 2. The van der Waals surface area contributed by atoms with Gasteiger partial charge in [0, 0.05) is 25.9 Å². The molecule has 0 unspecified atom stereocenters. The highest BCUT2D eigenvalue weighted by Gasteiger charge is 2.48. The first kappa shape index (κ1) is 20.0. The van der Waals surface area contributed by atoms with Crippen LogP contribution in [0.3, 0.4) is 0 Å². The molecule has 2 saturated heterocycles. The Labute approximate surface area is 164 Å². The van der Waals surface area contributed by atoms with Crippen LogP contribution in [0.2, 0.25) is 0 Å². The SMILES string of the molecule is COc1ccc(N2CC3(CCN(C(=O)OC(C)(C)C)CC3)OC2=O)nc1OC. The molecule has 0 radical (unpaired) electrons. The molecule has 1 aromatic heterocycles. The van der Waals surface area contributed by atoms with E-state index in [9.17, 15) is 9.59 Å². The van der Waals surface area contributed by atoms with Gasteiger partial charge in [0.25, 0.3) is 5.88 Å². The molecule has 3 heterocycles. The van der Waals surface area contributed by atoms with E-state index in [4.69, 9.17) is 18.9 Å². The van der Waals surface area contributed by atoms with Crippen molar-refractivity contribution in [3.05, 3.63) is 12.1 Å². The lowest BCUT2D eigenvalue weighted by Gasteiger charge is -2.37. The Kier molecular flexibility index (Phi) is 5.27. The molecule has 0 saturated carbocycles. The number of ether oxygens (including phenoxy) is 4. The van der Waals surface area contributed by atoms with Crippen LogP contribution < -0.4 is 14.4 Å².